The van der Waals surface area contributed by atoms with Crippen LogP contribution in [0.5, 0.6) is 0 Å². The van der Waals surface area contributed by atoms with Gasteiger partial charge in [0.25, 0.3) is 0 Å². The zero-order chi connectivity index (χ0) is 56.4. The molecule has 0 heterocycles. The maximum atomic E-state index is 12.5. The molecule has 0 aromatic rings. The van der Waals surface area contributed by atoms with Crippen LogP contribution in [-0.4, -0.2) is 47.4 Å². The Bertz CT molecular complexity index is 1220. The van der Waals surface area contributed by atoms with E-state index in [1.807, 2.05) is 0 Å². The number of ether oxygens (including phenoxy) is 1. The van der Waals surface area contributed by atoms with Gasteiger partial charge in [-0.2, -0.15) is 0 Å². The van der Waals surface area contributed by atoms with Crippen molar-refractivity contribution in [2.45, 2.75) is 411 Å². The van der Waals surface area contributed by atoms with E-state index >= 15 is 0 Å². The average Bonchev–Trinajstić information content (AvgIpc) is 3.44. The van der Waals surface area contributed by atoms with Crippen LogP contribution in [0.2, 0.25) is 0 Å². The Morgan fingerprint density at radius 3 is 0.910 bits per heavy atom. The lowest BCUT2D eigenvalue weighted by molar-refractivity contribution is -0.143. The molecular formula is C72H139NO5. The van der Waals surface area contributed by atoms with Gasteiger partial charge in [0, 0.05) is 12.8 Å². The van der Waals surface area contributed by atoms with Crippen LogP contribution in [-0.2, 0) is 14.3 Å². The molecule has 0 aromatic heterocycles. The molecule has 78 heavy (non-hydrogen) atoms. The molecule has 1 amide bonds. The standard InChI is InChI=1S/C72H139NO5/c1-3-5-7-9-11-13-15-17-42-46-50-54-58-62-66-72(77)78-67-63-59-55-51-47-43-40-38-36-34-32-30-28-26-24-22-20-18-19-21-23-25-27-29-31-33-35-37-39-41-45-49-53-57-61-65-71(76)73-69(68-74)70(75)64-60-56-52-48-44-16-14-12-10-8-6-4-2/h15,17,20,22,69-70,74-75H,3-14,16,18-19,21,23-68H2,1-2H3,(H,73,76)/b17-15-,22-20-. The van der Waals surface area contributed by atoms with Gasteiger partial charge in [-0.3, -0.25) is 9.59 Å². The molecule has 0 spiro atoms. The van der Waals surface area contributed by atoms with Gasteiger partial charge in [0.05, 0.1) is 25.4 Å². The summed E-state index contributed by atoms with van der Waals surface area (Å²) in [5.74, 6) is -0.0177. The second-order valence-corrected chi connectivity index (χ2v) is 24.6. The summed E-state index contributed by atoms with van der Waals surface area (Å²) in [7, 11) is 0. The lowest BCUT2D eigenvalue weighted by atomic mass is 10.0. The highest BCUT2D eigenvalue weighted by Crippen LogP contribution is 2.19. The Kier molecular flexibility index (Phi) is 66.4. The summed E-state index contributed by atoms with van der Waals surface area (Å²) in [4.78, 5) is 24.5. The third-order valence-electron chi connectivity index (χ3n) is 16.7. The van der Waals surface area contributed by atoms with Crippen molar-refractivity contribution in [3.05, 3.63) is 24.3 Å². The summed E-state index contributed by atoms with van der Waals surface area (Å²) >= 11 is 0. The van der Waals surface area contributed by atoms with Crippen molar-refractivity contribution >= 4 is 11.9 Å². The van der Waals surface area contributed by atoms with E-state index in [1.165, 1.54) is 321 Å². The van der Waals surface area contributed by atoms with Crippen molar-refractivity contribution in [1.29, 1.82) is 0 Å². The van der Waals surface area contributed by atoms with Gasteiger partial charge in [-0.1, -0.05) is 334 Å². The van der Waals surface area contributed by atoms with Crippen molar-refractivity contribution in [2.24, 2.45) is 0 Å². The quantitative estimate of drug-likeness (QED) is 0.0320. The number of amides is 1. The number of nitrogens with one attached hydrogen (secondary N) is 1. The molecule has 0 rings (SSSR count). The molecule has 0 aliphatic rings. The second-order valence-electron chi connectivity index (χ2n) is 24.6. The van der Waals surface area contributed by atoms with Crippen molar-refractivity contribution < 1.29 is 24.5 Å². The first-order valence-corrected chi connectivity index (χ1v) is 35.6. The topological polar surface area (TPSA) is 95.9 Å². The maximum absolute atomic E-state index is 12.5. The number of aliphatic hydroxyl groups is 2. The summed E-state index contributed by atoms with van der Waals surface area (Å²) < 4.78 is 5.49. The first-order chi connectivity index (χ1) is 38.5. The van der Waals surface area contributed by atoms with Gasteiger partial charge in [-0.25, -0.2) is 0 Å². The van der Waals surface area contributed by atoms with E-state index in [1.54, 1.807) is 0 Å². The van der Waals surface area contributed by atoms with Gasteiger partial charge < -0.3 is 20.3 Å². The van der Waals surface area contributed by atoms with Crippen LogP contribution in [0.3, 0.4) is 0 Å². The second kappa shape index (κ2) is 67.8. The summed E-state index contributed by atoms with van der Waals surface area (Å²) in [5.41, 5.74) is 0. The molecular weight excluding hydrogens is 959 g/mol. The van der Waals surface area contributed by atoms with E-state index in [-0.39, 0.29) is 18.5 Å². The highest BCUT2D eigenvalue weighted by Gasteiger charge is 2.20. The van der Waals surface area contributed by atoms with Crippen molar-refractivity contribution in [3.8, 4) is 0 Å². The Labute approximate surface area is 488 Å². The van der Waals surface area contributed by atoms with Crippen LogP contribution in [0.15, 0.2) is 24.3 Å². The molecule has 0 radical (unpaired) electrons. The summed E-state index contributed by atoms with van der Waals surface area (Å²) in [6.07, 6.45) is 85.3. The number of carbonyl (C=O) groups excluding carboxylic acids is 2. The molecule has 3 N–H and O–H groups in total. The summed E-state index contributed by atoms with van der Waals surface area (Å²) in [5, 5.41) is 23.3. The fourth-order valence-corrected chi connectivity index (χ4v) is 11.3. The fourth-order valence-electron chi connectivity index (χ4n) is 11.3. The van der Waals surface area contributed by atoms with E-state index in [0.29, 0.717) is 25.9 Å². The number of carbonyl (C=O) groups is 2. The largest absolute Gasteiger partial charge is 0.466 e. The number of hydrogen-bond donors (Lipinski definition) is 3. The van der Waals surface area contributed by atoms with Crippen LogP contribution in [0.4, 0.5) is 0 Å². The highest BCUT2D eigenvalue weighted by molar-refractivity contribution is 5.76. The molecule has 0 aliphatic carbocycles. The van der Waals surface area contributed by atoms with E-state index in [0.717, 1.165) is 44.9 Å². The molecule has 0 aliphatic heterocycles. The monoisotopic (exact) mass is 1100 g/mol. The van der Waals surface area contributed by atoms with Gasteiger partial charge in [-0.15, -0.1) is 0 Å². The number of aliphatic hydroxyl groups excluding tert-OH is 2. The minimum absolute atomic E-state index is 0.0121. The smallest absolute Gasteiger partial charge is 0.305 e. The molecule has 6 nitrogen and oxygen atoms in total. The van der Waals surface area contributed by atoms with E-state index in [9.17, 15) is 19.8 Å². The minimum atomic E-state index is -0.660. The normalized spacial score (nSPS) is 12.6. The van der Waals surface area contributed by atoms with Crippen molar-refractivity contribution in [3.63, 3.8) is 0 Å². The van der Waals surface area contributed by atoms with Gasteiger partial charge >= 0.3 is 5.97 Å². The lowest BCUT2D eigenvalue weighted by Crippen LogP contribution is -2.45. The Morgan fingerprint density at radius 2 is 0.603 bits per heavy atom. The zero-order valence-corrected chi connectivity index (χ0v) is 52.9. The molecule has 462 valence electrons. The van der Waals surface area contributed by atoms with Gasteiger partial charge in [0.2, 0.25) is 5.91 Å². The molecule has 0 fully saturated rings. The molecule has 6 heteroatoms. The van der Waals surface area contributed by atoms with Crippen LogP contribution >= 0.6 is 0 Å². The number of unbranched alkanes of at least 4 members (excludes halogenated alkanes) is 52. The fraction of sp³-hybridized carbons (Fsp3) is 0.917. The van der Waals surface area contributed by atoms with Crippen molar-refractivity contribution in [2.75, 3.05) is 13.2 Å². The lowest BCUT2D eigenvalue weighted by Gasteiger charge is -2.22. The molecule has 2 unspecified atom stereocenters. The van der Waals surface area contributed by atoms with E-state index in [2.05, 4.69) is 43.5 Å². The van der Waals surface area contributed by atoms with Crippen LogP contribution in [0.1, 0.15) is 399 Å². The van der Waals surface area contributed by atoms with Crippen LogP contribution in [0, 0.1) is 0 Å². The van der Waals surface area contributed by atoms with Gasteiger partial charge in [-0.05, 0) is 77.0 Å². The maximum Gasteiger partial charge on any atom is 0.305 e. The third kappa shape index (κ3) is 63.5. The van der Waals surface area contributed by atoms with E-state index in [4.69, 9.17) is 4.74 Å². The molecule has 0 saturated carbocycles. The predicted octanol–water partition coefficient (Wildman–Crippen LogP) is 22.9. The van der Waals surface area contributed by atoms with Gasteiger partial charge in [0.15, 0.2) is 0 Å². The number of esters is 1. The SMILES string of the molecule is CCCCCCC/C=C\CCCCCCCC(=O)OCCCCCCCCCCCCCCCC/C=C\CCCCCCCCCCCCCCCCCCCC(=O)NC(CO)C(O)CCCCCCCCCCCCCC. The summed E-state index contributed by atoms with van der Waals surface area (Å²) in [6.45, 7) is 4.96. The highest BCUT2D eigenvalue weighted by atomic mass is 16.5. The molecule has 0 aromatic carbocycles. The van der Waals surface area contributed by atoms with Crippen LogP contribution < -0.4 is 5.32 Å². The Balaban J connectivity index is 3.32. The van der Waals surface area contributed by atoms with Gasteiger partial charge in [0.1, 0.15) is 0 Å². The molecule has 0 bridgehead atoms. The Morgan fingerprint density at radius 1 is 0.346 bits per heavy atom. The minimum Gasteiger partial charge on any atom is -0.466 e. The number of rotatable bonds is 67. The molecule has 0 saturated heterocycles. The van der Waals surface area contributed by atoms with E-state index < -0.39 is 12.1 Å². The first-order valence-electron chi connectivity index (χ1n) is 35.6. The first kappa shape index (κ1) is 76.3. The summed E-state index contributed by atoms with van der Waals surface area (Å²) in [6, 6.07) is -0.537. The Hall–Kier alpha value is -1.66. The third-order valence-corrected chi connectivity index (χ3v) is 16.7. The van der Waals surface area contributed by atoms with Crippen molar-refractivity contribution in [1.82, 2.24) is 5.32 Å². The predicted molar refractivity (Wildman–Crippen MR) is 343 cm³/mol. The number of hydrogen-bond acceptors (Lipinski definition) is 5. The number of allylic oxidation sites excluding steroid dienone is 4. The van der Waals surface area contributed by atoms with Crippen LogP contribution in [0.25, 0.3) is 0 Å². The zero-order valence-electron chi connectivity index (χ0n) is 52.9. The average molecular weight is 1100 g/mol. The molecule has 2 atom stereocenters.